The van der Waals surface area contributed by atoms with Crippen LogP contribution in [0.3, 0.4) is 0 Å². The Morgan fingerprint density at radius 2 is 1.89 bits per heavy atom. The lowest BCUT2D eigenvalue weighted by Gasteiger charge is -2.24. The van der Waals surface area contributed by atoms with Gasteiger partial charge in [-0.05, 0) is 44.7 Å². The van der Waals surface area contributed by atoms with Crippen LogP contribution in [0.5, 0.6) is 0 Å². The number of nitrogens with zero attached hydrogens (tertiary/aromatic N) is 1. The first kappa shape index (κ1) is 14.3. The van der Waals surface area contributed by atoms with Crippen molar-refractivity contribution in [3.63, 3.8) is 0 Å². The molecule has 1 heterocycles. The highest BCUT2D eigenvalue weighted by atomic mass is 16.5. The molecule has 0 amide bonds. The minimum atomic E-state index is 0.451. The Balaban J connectivity index is 1.61. The summed E-state index contributed by atoms with van der Waals surface area (Å²) >= 11 is 0. The second kappa shape index (κ2) is 6.88. The molecule has 1 aliphatic carbocycles. The van der Waals surface area contributed by atoms with Crippen LogP contribution in [0.2, 0.25) is 0 Å². The van der Waals surface area contributed by atoms with Gasteiger partial charge in [0, 0.05) is 19.1 Å². The van der Waals surface area contributed by atoms with Crippen LogP contribution >= 0.6 is 0 Å². The van der Waals surface area contributed by atoms with Gasteiger partial charge in [-0.25, -0.2) is 0 Å². The van der Waals surface area contributed by atoms with E-state index in [1.807, 2.05) is 0 Å². The summed E-state index contributed by atoms with van der Waals surface area (Å²) in [6, 6.07) is 0.872. The van der Waals surface area contributed by atoms with Gasteiger partial charge in [0.05, 0.1) is 12.2 Å². The Bertz CT molecular complexity index is 241. The van der Waals surface area contributed by atoms with Crippen molar-refractivity contribution in [3.8, 4) is 0 Å². The summed E-state index contributed by atoms with van der Waals surface area (Å²) in [5.41, 5.74) is 0. The van der Waals surface area contributed by atoms with Gasteiger partial charge in [0.25, 0.3) is 0 Å². The molecule has 0 aromatic heterocycles. The smallest absolute Gasteiger partial charge is 0.0707 e. The Morgan fingerprint density at radius 3 is 2.50 bits per heavy atom. The highest BCUT2D eigenvalue weighted by Crippen LogP contribution is 2.29. The monoisotopic (exact) mass is 254 g/mol. The number of nitrogens with one attached hydrogen (secondary N) is 1. The van der Waals surface area contributed by atoms with Crippen molar-refractivity contribution in [2.24, 2.45) is 5.92 Å². The lowest BCUT2D eigenvalue weighted by Crippen LogP contribution is -2.35. The molecule has 2 atom stereocenters. The van der Waals surface area contributed by atoms with Gasteiger partial charge >= 0.3 is 0 Å². The SMILES string of the molecule is CCN(CC1CCC(CNCC(C)C)O1)C1CC1. The molecule has 0 spiro atoms. The predicted molar refractivity (Wildman–Crippen MR) is 75.9 cm³/mol. The topological polar surface area (TPSA) is 24.5 Å². The molecule has 18 heavy (non-hydrogen) atoms. The lowest BCUT2D eigenvalue weighted by molar-refractivity contribution is 0.0225. The Labute approximate surface area is 112 Å². The molecule has 3 heteroatoms. The van der Waals surface area contributed by atoms with Crippen LogP contribution in [0.1, 0.15) is 46.5 Å². The molecule has 1 aliphatic heterocycles. The second-order valence-corrected chi connectivity index (χ2v) is 6.33. The van der Waals surface area contributed by atoms with E-state index in [0.29, 0.717) is 12.2 Å². The third kappa shape index (κ3) is 4.52. The molecular weight excluding hydrogens is 224 g/mol. The molecule has 3 nitrogen and oxygen atoms in total. The van der Waals surface area contributed by atoms with E-state index in [-0.39, 0.29) is 0 Å². The molecule has 0 aromatic rings. The largest absolute Gasteiger partial charge is 0.372 e. The fourth-order valence-electron chi connectivity index (χ4n) is 2.84. The van der Waals surface area contributed by atoms with Gasteiger partial charge in [0.1, 0.15) is 0 Å². The minimum absolute atomic E-state index is 0.451. The summed E-state index contributed by atoms with van der Waals surface area (Å²) in [5, 5.41) is 3.51. The van der Waals surface area contributed by atoms with Crippen LogP contribution in [-0.4, -0.2) is 49.3 Å². The van der Waals surface area contributed by atoms with E-state index in [2.05, 4.69) is 31.0 Å². The molecule has 106 valence electrons. The highest BCUT2D eigenvalue weighted by Gasteiger charge is 2.32. The molecule has 2 unspecified atom stereocenters. The van der Waals surface area contributed by atoms with Gasteiger partial charge in [0.2, 0.25) is 0 Å². The van der Waals surface area contributed by atoms with Gasteiger partial charge in [-0.15, -0.1) is 0 Å². The van der Waals surface area contributed by atoms with E-state index < -0.39 is 0 Å². The number of rotatable bonds is 8. The first-order chi connectivity index (χ1) is 8.69. The molecule has 0 radical (unpaired) electrons. The zero-order chi connectivity index (χ0) is 13.0. The van der Waals surface area contributed by atoms with Crippen LogP contribution in [0.4, 0.5) is 0 Å². The molecule has 0 aromatic carbocycles. The summed E-state index contributed by atoms with van der Waals surface area (Å²) in [6.45, 7) is 11.2. The average molecular weight is 254 g/mol. The van der Waals surface area contributed by atoms with Crippen LogP contribution in [-0.2, 0) is 4.74 Å². The Hall–Kier alpha value is -0.120. The maximum absolute atomic E-state index is 6.15. The molecule has 2 fully saturated rings. The third-order valence-corrected chi connectivity index (χ3v) is 4.03. The summed E-state index contributed by atoms with van der Waals surface area (Å²) in [4.78, 5) is 2.61. The van der Waals surface area contributed by atoms with Gasteiger partial charge in [-0.1, -0.05) is 20.8 Å². The van der Waals surface area contributed by atoms with Gasteiger partial charge in [-0.2, -0.15) is 0 Å². The molecule has 1 saturated carbocycles. The van der Waals surface area contributed by atoms with E-state index in [0.717, 1.165) is 31.6 Å². The summed E-state index contributed by atoms with van der Waals surface area (Å²) < 4.78 is 6.15. The predicted octanol–water partition coefficient (Wildman–Crippen LogP) is 2.26. The number of ether oxygens (including phenoxy) is 1. The van der Waals surface area contributed by atoms with Crippen molar-refractivity contribution in [2.75, 3.05) is 26.2 Å². The van der Waals surface area contributed by atoms with Crippen LogP contribution in [0.25, 0.3) is 0 Å². The summed E-state index contributed by atoms with van der Waals surface area (Å²) in [6.07, 6.45) is 6.22. The van der Waals surface area contributed by atoms with Crippen molar-refractivity contribution in [1.82, 2.24) is 10.2 Å². The van der Waals surface area contributed by atoms with Crippen LogP contribution < -0.4 is 5.32 Å². The van der Waals surface area contributed by atoms with Crippen molar-refractivity contribution >= 4 is 0 Å². The molecule has 2 aliphatic rings. The van der Waals surface area contributed by atoms with Crippen molar-refractivity contribution < 1.29 is 4.74 Å². The van der Waals surface area contributed by atoms with E-state index in [4.69, 9.17) is 4.74 Å². The normalized spacial score (nSPS) is 28.5. The molecule has 1 N–H and O–H groups in total. The average Bonchev–Trinajstić information content (AvgIpc) is 3.08. The van der Waals surface area contributed by atoms with E-state index in [9.17, 15) is 0 Å². The number of likely N-dealkylation sites (N-methyl/N-ethyl adjacent to an activating group) is 1. The fraction of sp³-hybridized carbons (Fsp3) is 1.00. The number of hydrogen-bond acceptors (Lipinski definition) is 3. The van der Waals surface area contributed by atoms with Gasteiger partial charge in [0.15, 0.2) is 0 Å². The summed E-state index contributed by atoms with van der Waals surface area (Å²) in [7, 11) is 0. The van der Waals surface area contributed by atoms with Crippen molar-refractivity contribution in [3.05, 3.63) is 0 Å². The van der Waals surface area contributed by atoms with Gasteiger partial charge in [-0.3, -0.25) is 4.90 Å². The maximum Gasteiger partial charge on any atom is 0.0707 e. The standard InChI is InChI=1S/C15H30N2O/c1-4-17(13-5-6-13)11-15-8-7-14(18-15)10-16-9-12(2)3/h12-16H,4-11H2,1-3H3. The third-order valence-electron chi connectivity index (χ3n) is 4.03. The van der Waals surface area contributed by atoms with Crippen LogP contribution in [0.15, 0.2) is 0 Å². The first-order valence-electron chi connectivity index (χ1n) is 7.79. The van der Waals surface area contributed by atoms with Crippen LogP contribution in [0, 0.1) is 5.92 Å². The number of hydrogen-bond donors (Lipinski definition) is 1. The highest BCUT2D eigenvalue weighted by molar-refractivity contribution is 4.87. The van der Waals surface area contributed by atoms with Crippen molar-refractivity contribution in [2.45, 2.75) is 64.7 Å². The van der Waals surface area contributed by atoms with Gasteiger partial charge < -0.3 is 10.1 Å². The molecule has 0 bridgehead atoms. The molecule has 2 rings (SSSR count). The van der Waals surface area contributed by atoms with E-state index in [1.54, 1.807) is 0 Å². The zero-order valence-corrected chi connectivity index (χ0v) is 12.3. The summed E-state index contributed by atoms with van der Waals surface area (Å²) in [5.74, 6) is 0.729. The Kier molecular flexibility index (Phi) is 5.46. The Morgan fingerprint density at radius 1 is 1.17 bits per heavy atom. The zero-order valence-electron chi connectivity index (χ0n) is 12.3. The lowest BCUT2D eigenvalue weighted by atomic mass is 10.1. The quantitative estimate of drug-likeness (QED) is 0.719. The molecule has 1 saturated heterocycles. The second-order valence-electron chi connectivity index (χ2n) is 6.33. The maximum atomic E-state index is 6.15. The van der Waals surface area contributed by atoms with Crippen molar-refractivity contribution in [1.29, 1.82) is 0 Å². The minimum Gasteiger partial charge on any atom is -0.372 e. The first-order valence-corrected chi connectivity index (χ1v) is 7.79. The fourth-order valence-corrected chi connectivity index (χ4v) is 2.84. The van der Waals surface area contributed by atoms with E-state index in [1.165, 1.54) is 32.2 Å². The van der Waals surface area contributed by atoms with E-state index >= 15 is 0 Å². The molecular formula is C15H30N2O.